The Morgan fingerprint density at radius 2 is 2.29 bits per heavy atom. The number of halogens is 1. The highest BCUT2D eigenvalue weighted by Gasteiger charge is 2.28. The number of ether oxygens (including phenoxy) is 1. The van der Waals surface area contributed by atoms with Crippen molar-refractivity contribution in [1.29, 1.82) is 0 Å². The lowest BCUT2D eigenvalue weighted by molar-refractivity contribution is 0.0812. The molecule has 0 saturated carbocycles. The van der Waals surface area contributed by atoms with Gasteiger partial charge in [0, 0.05) is 29.8 Å². The molecule has 94 valence electrons. The SMILES string of the molecule is CC1OCCC1N(C)Cc1c(O)cccc1Cl. The molecule has 2 rings (SSSR count). The van der Waals surface area contributed by atoms with Crippen molar-refractivity contribution < 1.29 is 9.84 Å². The van der Waals surface area contributed by atoms with Crippen LogP contribution in [0.15, 0.2) is 18.2 Å². The maximum absolute atomic E-state index is 9.81. The molecule has 0 aromatic heterocycles. The number of nitrogens with zero attached hydrogens (tertiary/aromatic N) is 1. The summed E-state index contributed by atoms with van der Waals surface area (Å²) < 4.78 is 5.55. The minimum absolute atomic E-state index is 0.240. The molecule has 0 amide bonds. The second kappa shape index (κ2) is 5.25. The van der Waals surface area contributed by atoms with Gasteiger partial charge in [0.15, 0.2) is 0 Å². The van der Waals surface area contributed by atoms with Crippen LogP contribution in [0.5, 0.6) is 5.75 Å². The minimum atomic E-state index is 0.240. The van der Waals surface area contributed by atoms with Crippen molar-refractivity contribution in [3.05, 3.63) is 28.8 Å². The van der Waals surface area contributed by atoms with Crippen LogP contribution in [0.3, 0.4) is 0 Å². The van der Waals surface area contributed by atoms with Crippen LogP contribution in [-0.4, -0.2) is 35.8 Å². The average Bonchev–Trinajstić information content (AvgIpc) is 2.70. The molecule has 17 heavy (non-hydrogen) atoms. The fourth-order valence-electron chi connectivity index (χ4n) is 2.37. The quantitative estimate of drug-likeness (QED) is 0.901. The van der Waals surface area contributed by atoms with Crippen molar-refractivity contribution in [2.24, 2.45) is 0 Å². The summed E-state index contributed by atoms with van der Waals surface area (Å²) in [7, 11) is 2.04. The van der Waals surface area contributed by atoms with Crippen LogP contribution >= 0.6 is 11.6 Å². The highest BCUT2D eigenvalue weighted by atomic mass is 35.5. The van der Waals surface area contributed by atoms with Gasteiger partial charge in [-0.1, -0.05) is 17.7 Å². The number of likely N-dealkylation sites (N-methyl/N-ethyl adjacent to an activating group) is 1. The van der Waals surface area contributed by atoms with Crippen LogP contribution in [0.4, 0.5) is 0 Å². The third-order valence-electron chi connectivity index (χ3n) is 3.40. The van der Waals surface area contributed by atoms with Crippen LogP contribution in [0, 0.1) is 0 Å². The van der Waals surface area contributed by atoms with Crippen LogP contribution in [0.25, 0.3) is 0 Å². The van der Waals surface area contributed by atoms with E-state index in [2.05, 4.69) is 11.8 Å². The summed E-state index contributed by atoms with van der Waals surface area (Å²) in [5, 5.41) is 10.4. The van der Waals surface area contributed by atoms with E-state index in [1.807, 2.05) is 7.05 Å². The summed E-state index contributed by atoms with van der Waals surface area (Å²) in [4.78, 5) is 2.19. The van der Waals surface area contributed by atoms with Gasteiger partial charge in [0.25, 0.3) is 0 Å². The minimum Gasteiger partial charge on any atom is -0.508 e. The Kier molecular flexibility index (Phi) is 3.92. The molecular formula is C13H18ClNO2. The number of hydrogen-bond acceptors (Lipinski definition) is 3. The largest absolute Gasteiger partial charge is 0.508 e. The zero-order valence-electron chi connectivity index (χ0n) is 10.2. The van der Waals surface area contributed by atoms with Crippen LogP contribution in [0.2, 0.25) is 5.02 Å². The molecule has 2 atom stereocenters. The molecule has 1 aliphatic rings. The summed E-state index contributed by atoms with van der Waals surface area (Å²) in [5.74, 6) is 0.260. The fraction of sp³-hybridized carbons (Fsp3) is 0.538. The first-order valence-corrected chi connectivity index (χ1v) is 6.25. The maximum Gasteiger partial charge on any atom is 0.121 e. The number of phenols is 1. The first-order valence-electron chi connectivity index (χ1n) is 5.88. The number of aromatic hydroxyl groups is 1. The molecule has 1 aromatic rings. The molecule has 0 spiro atoms. The maximum atomic E-state index is 9.81. The van der Waals surface area contributed by atoms with E-state index in [1.165, 1.54) is 0 Å². The van der Waals surface area contributed by atoms with Crippen molar-refractivity contribution in [2.45, 2.75) is 32.0 Å². The predicted octanol–water partition coefficient (Wildman–Crippen LogP) is 2.65. The van der Waals surface area contributed by atoms with E-state index in [9.17, 15) is 5.11 Å². The average molecular weight is 256 g/mol. The van der Waals surface area contributed by atoms with Crippen molar-refractivity contribution >= 4 is 11.6 Å². The van der Waals surface area contributed by atoms with E-state index in [4.69, 9.17) is 16.3 Å². The van der Waals surface area contributed by atoms with E-state index < -0.39 is 0 Å². The molecule has 1 saturated heterocycles. The molecule has 0 aliphatic carbocycles. The van der Waals surface area contributed by atoms with Gasteiger partial charge < -0.3 is 9.84 Å². The van der Waals surface area contributed by atoms with Gasteiger partial charge in [-0.2, -0.15) is 0 Å². The summed E-state index contributed by atoms with van der Waals surface area (Å²) in [6.07, 6.45) is 1.27. The number of phenolic OH excluding ortho intramolecular Hbond substituents is 1. The molecule has 1 fully saturated rings. The van der Waals surface area contributed by atoms with Gasteiger partial charge in [-0.15, -0.1) is 0 Å². The van der Waals surface area contributed by atoms with E-state index in [-0.39, 0.29) is 11.9 Å². The second-order valence-electron chi connectivity index (χ2n) is 4.58. The van der Waals surface area contributed by atoms with Crippen molar-refractivity contribution in [3.63, 3.8) is 0 Å². The normalized spacial score (nSPS) is 24.5. The lowest BCUT2D eigenvalue weighted by Gasteiger charge is -2.27. The highest BCUT2D eigenvalue weighted by Crippen LogP contribution is 2.28. The highest BCUT2D eigenvalue weighted by molar-refractivity contribution is 6.31. The van der Waals surface area contributed by atoms with Crippen LogP contribution in [0.1, 0.15) is 18.9 Å². The first kappa shape index (κ1) is 12.7. The first-order chi connectivity index (χ1) is 8.09. The molecule has 1 aliphatic heterocycles. The van der Waals surface area contributed by atoms with E-state index in [1.54, 1.807) is 18.2 Å². The second-order valence-corrected chi connectivity index (χ2v) is 4.99. The van der Waals surface area contributed by atoms with Gasteiger partial charge in [0.2, 0.25) is 0 Å². The third-order valence-corrected chi connectivity index (χ3v) is 3.76. The summed E-state index contributed by atoms with van der Waals surface area (Å²) >= 11 is 6.10. The van der Waals surface area contributed by atoms with Crippen molar-refractivity contribution in [3.8, 4) is 5.75 Å². The molecule has 4 heteroatoms. The Hall–Kier alpha value is -0.770. The van der Waals surface area contributed by atoms with Gasteiger partial charge in [-0.25, -0.2) is 0 Å². The summed E-state index contributed by atoms with van der Waals surface area (Å²) in [6.45, 7) is 3.54. The van der Waals surface area contributed by atoms with Gasteiger partial charge in [-0.3, -0.25) is 4.90 Å². The number of rotatable bonds is 3. The molecule has 2 unspecified atom stereocenters. The van der Waals surface area contributed by atoms with Crippen LogP contribution in [-0.2, 0) is 11.3 Å². The Morgan fingerprint density at radius 3 is 2.88 bits per heavy atom. The van der Waals surface area contributed by atoms with E-state index >= 15 is 0 Å². The summed E-state index contributed by atoms with van der Waals surface area (Å²) in [5.41, 5.74) is 0.788. The van der Waals surface area contributed by atoms with Crippen LogP contribution < -0.4 is 0 Å². The lowest BCUT2D eigenvalue weighted by atomic mass is 10.1. The number of benzene rings is 1. The Labute approximate surface area is 107 Å². The smallest absolute Gasteiger partial charge is 0.121 e. The van der Waals surface area contributed by atoms with Gasteiger partial charge in [0.1, 0.15) is 5.75 Å². The lowest BCUT2D eigenvalue weighted by Crippen LogP contribution is -2.36. The van der Waals surface area contributed by atoms with Gasteiger partial charge in [-0.05, 0) is 32.5 Å². The van der Waals surface area contributed by atoms with E-state index in [0.717, 1.165) is 18.6 Å². The molecule has 3 nitrogen and oxygen atoms in total. The Morgan fingerprint density at radius 1 is 1.53 bits per heavy atom. The topological polar surface area (TPSA) is 32.7 Å². The predicted molar refractivity (Wildman–Crippen MR) is 68.4 cm³/mol. The standard InChI is InChI=1S/C13H18ClNO2/c1-9-12(6-7-17-9)15(2)8-10-11(14)4-3-5-13(10)16/h3-5,9,12,16H,6-8H2,1-2H3. The zero-order valence-corrected chi connectivity index (χ0v) is 10.9. The molecule has 1 N–H and O–H groups in total. The Balaban J connectivity index is 2.10. The number of hydrogen-bond donors (Lipinski definition) is 1. The Bertz CT molecular complexity index is 377. The van der Waals surface area contributed by atoms with Crippen molar-refractivity contribution in [1.82, 2.24) is 4.90 Å². The van der Waals surface area contributed by atoms with Crippen molar-refractivity contribution in [2.75, 3.05) is 13.7 Å². The molecule has 1 heterocycles. The molecule has 1 aromatic carbocycles. The molecule has 0 radical (unpaired) electrons. The summed E-state index contributed by atoms with van der Waals surface area (Å²) in [6, 6.07) is 5.62. The molecule has 0 bridgehead atoms. The zero-order chi connectivity index (χ0) is 12.4. The monoisotopic (exact) mass is 255 g/mol. The van der Waals surface area contributed by atoms with E-state index in [0.29, 0.717) is 17.6 Å². The molecular weight excluding hydrogens is 238 g/mol. The van der Waals surface area contributed by atoms with Gasteiger partial charge in [0.05, 0.1) is 6.10 Å². The van der Waals surface area contributed by atoms with Gasteiger partial charge >= 0.3 is 0 Å². The fourth-order valence-corrected chi connectivity index (χ4v) is 2.60. The third kappa shape index (κ3) is 2.73.